The highest BCUT2D eigenvalue weighted by molar-refractivity contribution is 6.00. The lowest BCUT2D eigenvalue weighted by atomic mass is 9.87. The second kappa shape index (κ2) is 16.1. The molecule has 8 rings (SSSR count). The van der Waals surface area contributed by atoms with E-state index in [0.717, 1.165) is 45.8 Å². The summed E-state index contributed by atoms with van der Waals surface area (Å²) in [6.45, 7) is 36.7. The Labute approximate surface area is 386 Å². The zero-order valence-electron chi connectivity index (χ0n) is 41.6. The van der Waals surface area contributed by atoms with Crippen molar-refractivity contribution in [3.05, 3.63) is 178 Å². The second-order valence-electron chi connectivity index (χ2n) is 23.0. The van der Waals surface area contributed by atoms with E-state index in [0.29, 0.717) is 11.8 Å². The van der Waals surface area contributed by atoms with Gasteiger partial charge in [0.2, 0.25) is 0 Å². The molecule has 0 bridgehead atoms. The molecular formula is C60H72N4. The van der Waals surface area contributed by atoms with Gasteiger partial charge in [-0.25, -0.2) is 0 Å². The van der Waals surface area contributed by atoms with Gasteiger partial charge in [-0.3, -0.25) is 19.6 Å². The Hall–Kier alpha value is -5.74. The molecule has 0 unspecified atom stereocenters. The van der Waals surface area contributed by atoms with Gasteiger partial charge in [-0.2, -0.15) is 0 Å². The summed E-state index contributed by atoms with van der Waals surface area (Å²) in [7, 11) is 0. The standard InChI is InChI=1S/C60H72N4/c1-39(2)41-17-35-51-53(37-41)63(49-31-23-45(24-32-49)59(11,12)13)55(61(51)47-27-19-43(20-28-47)57(5,6)7)56-62(48-29-21-44(22-30-48)58(8,9)10)52-36-18-42(40(3)4)38-54(52)64(56)50-33-25-46(26-34-50)60(14,15)16/h17-40H,1-16H3/b56-55-. The SMILES string of the molecule is CC(C)c1ccc2c(c1)N(c1ccc(C(C)(C)C)cc1)/C(=C1/N(c3ccc(C(C)(C)C)cc3)c3ccc(C(C)C)cc3N1c1ccc(C(C)(C)C)cc1)N2c1ccc(C(C)(C)C)cc1. The Kier molecular flexibility index (Phi) is 11.2. The minimum Gasteiger partial charge on any atom is -0.291 e. The van der Waals surface area contributed by atoms with Crippen molar-refractivity contribution in [3.63, 3.8) is 0 Å². The fraction of sp³-hybridized carbons (Fsp3) is 0.367. The molecule has 2 aliphatic rings. The van der Waals surface area contributed by atoms with Crippen molar-refractivity contribution >= 4 is 45.5 Å². The third-order valence-electron chi connectivity index (χ3n) is 13.3. The summed E-state index contributed by atoms with van der Waals surface area (Å²) in [5.41, 5.74) is 17.1. The molecule has 0 N–H and O–H groups in total. The lowest BCUT2D eigenvalue weighted by Crippen LogP contribution is -2.33. The van der Waals surface area contributed by atoms with Gasteiger partial charge in [0, 0.05) is 22.7 Å². The van der Waals surface area contributed by atoms with Gasteiger partial charge in [0.05, 0.1) is 22.7 Å². The van der Waals surface area contributed by atoms with Crippen LogP contribution in [-0.4, -0.2) is 0 Å². The van der Waals surface area contributed by atoms with Gasteiger partial charge < -0.3 is 0 Å². The zero-order valence-corrected chi connectivity index (χ0v) is 41.6. The Balaban J connectivity index is 1.54. The van der Waals surface area contributed by atoms with Crippen molar-refractivity contribution in [1.29, 1.82) is 0 Å². The molecule has 0 amide bonds. The van der Waals surface area contributed by atoms with Crippen molar-refractivity contribution in [3.8, 4) is 0 Å². The third kappa shape index (κ3) is 8.26. The van der Waals surface area contributed by atoms with Gasteiger partial charge in [0.1, 0.15) is 0 Å². The molecule has 0 spiro atoms. The van der Waals surface area contributed by atoms with E-state index in [2.05, 4.69) is 264 Å². The molecular weight excluding hydrogens is 777 g/mol. The number of fused-ring (bicyclic) bond motifs is 2. The van der Waals surface area contributed by atoms with Crippen LogP contribution in [0.25, 0.3) is 0 Å². The highest BCUT2D eigenvalue weighted by Crippen LogP contribution is 2.58. The largest absolute Gasteiger partial charge is 0.291 e. The van der Waals surface area contributed by atoms with E-state index in [4.69, 9.17) is 0 Å². The van der Waals surface area contributed by atoms with E-state index in [1.807, 2.05) is 0 Å². The van der Waals surface area contributed by atoms with Gasteiger partial charge in [0.15, 0.2) is 11.6 Å². The summed E-state index contributed by atoms with van der Waals surface area (Å²) in [5.74, 6) is 2.86. The third-order valence-corrected chi connectivity index (χ3v) is 13.3. The highest BCUT2D eigenvalue weighted by atomic mass is 15.5. The van der Waals surface area contributed by atoms with Crippen molar-refractivity contribution in [2.24, 2.45) is 0 Å². The summed E-state index contributed by atoms with van der Waals surface area (Å²) in [6.07, 6.45) is 0. The summed E-state index contributed by atoms with van der Waals surface area (Å²) in [5, 5.41) is 0. The molecule has 2 heterocycles. The first kappa shape index (κ1) is 44.9. The van der Waals surface area contributed by atoms with E-state index in [1.54, 1.807) is 0 Å². The minimum atomic E-state index is 0.0155. The minimum absolute atomic E-state index is 0.0155. The lowest BCUT2D eigenvalue weighted by Gasteiger charge is -2.35. The second-order valence-corrected chi connectivity index (χ2v) is 23.0. The Morgan fingerprint density at radius 3 is 0.703 bits per heavy atom. The Bertz CT molecular complexity index is 2480. The van der Waals surface area contributed by atoms with E-state index < -0.39 is 0 Å². The molecule has 0 aromatic heterocycles. The van der Waals surface area contributed by atoms with Crippen molar-refractivity contribution < 1.29 is 0 Å². The number of hydrogen-bond acceptors (Lipinski definition) is 4. The maximum absolute atomic E-state index is 2.54. The van der Waals surface area contributed by atoms with Crippen molar-refractivity contribution in [2.75, 3.05) is 19.6 Å². The predicted molar refractivity (Wildman–Crippen MR) is 277 cm³/mol. The van der Waals surface area contributed by atoms with E-state index in [1.165, 1.54) is 44.8 Å². The van der Waals surface area contributed by atoms with Crippen LogP contribution >= 0.6 is 0 Å². The number of nitrogens with zero attached hydrogens (tertiary/aromatic N) is 4. The Morgan fingerprint density at radius 2 is 0.500 bits per heavy atom. The van der Waals surface area contributed by atoms with Gasteiger partial charge >= 0.3 is 0 Å². The topological polar surface area (TPSA) is 13.0 Å². The van der Waals surface area contributed by atoms with E-state index >= 15 is 0 Å². The summed E-state index contributed by atoms with van der Waals surface area (Å²) >= 11 is 0. The molecule has 2 aliphatic heterocycles. The van der Waals surface area contributed by atoms with Crippen molar-refractivity contribution in [2.45, 2.75) is 144 Å². The average Bonchev–Trinajstić information content (AvgIpc) is 3.75. The van der Waals surface area contributed by atoms with Crippen LogP contribution in [0.5, 0.6) is 0 Å². The molecule has 0 atom stereocenters. The van der Waals surface area contributed by atoms with E-state index in [9.17, 15) is 0 Å². The zero-order chi connectivity index (χ0) is 46.3. The molecule has 0 fully saturated rings. The van der Waals surface area contributed by atoms with E-state index in [-0.39, 0.29) is 21.7 Å². The molecule has 0 radical (unpaired) electrons. The molecule has 4 heteroatoms. The highest BCUT2D eigenvalue weighted by Gasteiger charge is 2.45. The fourth-order valence-electron chi connectivity index (χ4n) is 9.08. The fourth-order valence-corrected chi connectivity index (χ4v) is 9.08. The molecule has 6 aromatic carbocycles. The van der Waals surface area contributed by atoms with Gasteiger partial charge in [0.25, 0.3) is 0 Å². The van der Waals surface area contributed by atoms with Crippen LogP contribution in [0.3, 0.4) is 0 Å². The van der Waals surface area contributed by atoms with Crippen LogP contribution in [0.4, 0.5) is 45.5 Å². The average molecular weight is 849 g/mol. The lowest BCUT2D eigenvalue weighted by molar-refractivity contribution is 0.590. The van der Waals surface area contributed by atoms with Gasteiger partial charge in [-0.1, -0.05) is 171 Å². The Morgan fingerprint density at radius 1 is 0.281 bits per heavy atom. The maximum atomic E-state index is 2.54. The summed E-state index contributed by atoms with van der Waals surface area (Å²) in [4.78, 5) is 10.1. The molecule has 332 valence electrons. The van der Waals surface area contributed by atoms with Crippen molar-refractivity contribution in [1.82, 2.24) is 0 Å². The van der Waals surface area contributed by atoms with Crippen LogP contribution < -0.4 is 19.6 Å². The first-order valence-corrected chi connectivity index (χ1v) is 23.6. The molecule has 0 aliphatic carbocycles. The molecule has 0 saturated carbocycles. The van der Waals surface area contributed by atoms with Crippen LogP contribution in [0.2, 0.25) is 0 Å². The number of anilines is 8. The van der Waals surface area contributed by atoms with Crippen LogP contribution in [-0.2, 0) is 21.7 Å². The van der Waals surface area contributed by atoms with Crippen LogP contribution in [0.15, 0.2) is 145 Å². The maximum Gasteiger partial charge on any atom is 0.166 e. The number of hydrogen-bond donors (Lipinski definition) is 0. The quantitative estimate of drug-likeness (QED) is 0.166. The molecule has 0 saturated heterocycles. The summed E-state index contributed by atoms with van der Waals surface area (Å²) in [6, 6.07) is 51.5. The molecule has 4 nitrogen and oxygen atoms in total. The predicted octanol–water partition coefficient (Wildman–Crippen LogP) is 17.5. The normalized spacial score (nSPS) is 15.8. The van der Waals surface area contributed by atoms with Crippen LogP contribution in [0.1, 0.15) is 156 Å². The van der Waals surface area contributed by atoms with Crippen LogP contribution in [0, 0.1) is 0 Å². The van der Waals surface area contributed by atoms with Gasteiger partial charge in [-0.15, -0.1) is 0 Å². The molecule has 6 aromatic rings. The number of rotatable bonds is 6. The summed E-state index contributed by atoms with van der Waals surface area (Å²) < 4.78 is 0. The molecule has 64 heavy (non-hydrogen) atoms. The first-order valence-electron chi connectivity index (χ1n) is 23.6. The van der Waals surface area contributed by atoms with Gasteiger partial charge in [-0.05, 0) is 140 Å². The monoisotopic (exact) mass is 849 g/mol. The smallest absolute Gasteiger partial charge is 0.166 e. The first-order chi connectivity index (χ1) is 29.9. The number of benzene rings is 6.